The number of sulfone groups is 1. The first-order chi connectivity index (χ1) is 8.16. The predicted octanol–water partition coefficient (Wildman–Crippen LogP) is 2.40. The molecule has 0 aliphatic rings. The molecule has 0 saturated carbocycles. The summed E-state index contributed by atoms with van der Waals surface area (Å²) in [5.74, 6) is -0.297. The van der Waals surface area contributed by atoms with Gasteiger partial charge in [0.25, 0.3) is 0 Å². The Morgan fingerprint density at radius 3 is 2.06 bits per heavy atom. The monoisotopic (exact) mass is 268 g/mol. The van der Waals surface area contributed by atoms with Gasteiger partial charge in [-0.25, -0.2) is 8.42 Å². The van der Waals surface area contributed by atoms with Crippen molar-refractivity contribution in [1.29, 1.82) is 0 Å². The number of ketones is 1. The normalized spacial score (nSPS) is 14.2. The van der Waals surface area contributed by atoms with E-state index in [1.54, 1.807) is 20.8 Å². The van der Waals surface area contributed by atoms with Crippen molar-refractivity contribution in [2.45, 2.75) is 44.1 Å². The molecule has 0 aromatic heterocycles. The van der Waals surface area contributed by atoms with Crippen molar-refractivity contribution in [2.24, 2.45) is 0 Å². The molecule has 4 heteroatoms. The quantitative estimate of drug-likeness (QED) is 0.842. The molecule has 0 aliphatic carbocycles. The standard InChI is InChI=1S/C14H20O3S/c1-11(15)13(18(16,17)14(2,3)4)10-12-8-6-5-7-9-12/h5-9,13H,10H2,1-4H3/t13-/m0/s1. The molecule has 0 N–H and O–H groups in total. The third kappa shape index (κ3) is 3.19. The summed E-state index contributed by atoms with van der Waals surface area (Å²) in [6.07, 6.45) is 0.246. The molecule has 0 bridgehead atoms. The van der Waals surface area contributed by atoms with Crippen LogP contribution in [0.5, 0.6) is 0 Å². The summed E-state index contributed by atoms with van der Waals surface area (Å²) in [5, 5.41) is -0.958. The van der Waals surface area contributed by atoms with E-state index >= 15 is 0 Å². The Hall–Kier alpha value is -1.16. The van der Waals surface area contributed by atoms with E-state index in [4.69, 9.17) is 0 Å². The zero-order valence-electron chi connectivity index (χ0n) is 11.3. The Morgan fingerprint density at radius 1 is 1.17 bits per heavy atom. The number of rotatable bonds is 4. The lowest BCUT2D eigenvalue weighted by Gasteiger charge is -2.25. The predicted molar refractivity (Wildman–Crippen MR) is 73.3 cm³/mol. The molecule has 1 rings (SSSR count). The van der Waals surface area contributed by atoms with Gasteiger partial charge in [-0.15, -0.1) is 0 Å². The number of carbonyl (C=O) groups is 1. The van der Waals surface area contributed by atoms with Gasteiger partial charge in [-0.2, -0.15) is 0 Å². The highest BCUT2D eigenvalue weighted by Gasteiger charge is 2.39. The molecule has 0 saturated heterocycles. The average Bonchev–Trinajstić information content (AvgIpc) is 2.25. The van der Waals surface area contributed by atoms with Gasteiger partial charge in [0.2, 0.25) is 0 Å². The zero-order chi connectivity index (χ0) is 14.0. The van der Waals surface area contributed by atoms with E-state index in [2.05, 4.69) is 0 Å². The van der Waals surface area contributed by atoms with Crippen molar-refractivity contribution in [2.75, 3.05) is 0 Å². The molecule has 0 radical (unpaired) electrons. The van der Waals surface area contributed by atoms with Crippen LogP contribution in [-0.4, -0.2) is 24.2 Å². The second-order valence-corrected chi connectivity index (χ2v) is 8.33. The van der Waals surface area contributed by atoms with Crippen molar-refractivity contribution in [3.8, 4) is 0 Å². The van der Waals surface area contributed by atoms with Crippen molar-refractivity contribution < 1.29 is 13.2 Å². The molecule has 3 nitrogen and oxygen atoms in total. The lowest BCUT2D eigenvalue weighted by atomic mass is 10.1. The van der Waals surface area contributed by atoms with Crippen LogP contribution in [0.25, 0.3) is 0 Å². The number of hydrogen-bond donors (Lipinski definition) is 0. The van der Waals surface area contributed by atoms with E-state index in [0.717, 1.165) is 5.56 Å². The van der Waals surface area contributed by atoms with Crippen LogP contribution in [0, 0.1) is 0 Å². The Morgan fingerprint density at radius 2 is 1.67 bits per heavy atom. The van der Waals surface area contributed by atoms with Crippen LogP contribution >= 0.6 is 0 Å². The van der Waals surface area contributed by atoms with Crippen LogP contribution in [0.15, 0.2) is 30.3 Å². The van der Waals surface area contributed by atoms with E-state index in [0.29, 0.717) is 0 Å². The maximum absolute atomic E-state index is 12.4. The number of Topliss-reactive ketones (excluding diaryl/α,β-unsaturated/α-hetero) is 1. The first-order valence-corrected chi connectivity index (χ1v) is 7.48. The molecule has 0 aliphatic heterocycles. The summed E-state index contributed by atoms with van der Waals surface area (Å²) in [5.41, 5.74) is 0.866. The Balaban J connectivity index is 3.10. The molecule has 18 heavy (non-hydrogen) atoms. The topological polar surface area (TPSA) is 51.2 Å². The van der Waals surface area contributed by atoms with Crippen molar-refractivity contribution in [3.63, 3.8) is 0 Å². The fourth-order valence-electron chi connectivity index (χ4n) is 1.73. The van der Waals surface area contributed by atoms with Gasteiger partial charge in [-0.3, -0.25) is 4.79 Å². The van der Waals surface area contributed by atoms with Crippen LogP contribution in [0.2, 0.25) is 0 Å². The maximum Gasteiger partial charge on any atom is 0.165 e. The molecule has 1 aromatic rings. The van der Waals surface area contributed by atoms with E-state index in [1.807, 2.05) is 30.3 Å². The number of hydrogen-bond acceptors (Lipinski definition) is 3. The number of carbonyl (C=O) groups excluding carboxylic acids is 1. The molecule has 100 valence electrons. The highest BCUT2D eigenvalue weighted by atomic mass is 32.2. The van der Waals surface area contributed by atoms with Crippen molar-refractivity contribution in [3.05, 3.63) is 35.9 Å². The van der Waals surface area contributed by atoms with E-state index in [1.165, 1.54) is 6.92 Å². The summed E-state index contributed by atoms with van der Waals surface area (Å²) in [7, 11) is -3.49. The minimum Gasteiger partial charge on any atom is -0.299 e. The third-order valence-electron chi connectivity index (χ3n) is 2.95. The molecule has 0 fully saturated rings. The van der Waals surface area contributed by atoms with E-state index in [-0.39, 0.29) is 12.2 Å². The van der Waals surface area contributed by atoms with Crippen LogP contribution < -0.4 is 0 Å². The SMILES string of the molecule is CC(=O)[C@H](Cc1ccccc1)S(=O)(=O)C(C)(C)C. The summed E-state index contributed by atoms with van der Waals surface area (Å²) in [6.45, 7) is 6.23. The summed E-state index contributed by atoms with van der Waals surface area (Å²) in [4.78, 5) is 11.7. The molecule has 1 aromatic carbocycles. The summed E-state index contributed by atoms with van der Waals surface area (Å²) < 4.78 is 23.8. The van der Waals surface area contributed by atoms with E-state index in [9.17, 15) is 13.2 Å². The van der Waals surface area contributed by atoms with Gasteiger partial charge in [0, 0.05) is 0 Å². The molecular weight excluding hydrogens is 248 g/mol. The summed E-state index contributed by atoms with van der Waals surface area (Å²) in [6, 6.07) is 9.24. The van der Waals surface area contributed by atoms with Gasteiger partial charge < -0.3 is 0 Å². The van der Waals surface area contributed by atoms with Crippen molar-refractivity contribution >= 4 is 15.6 Å². The first kappa shape index (κ1) is 14.9. The third-order valence-corrected chi connectivity index (χ3v) is 5.90. The van der Waals surface area contributed by atoms with Crippen LogP contribution in [-0.2, 0) is 21.1 Å². The Kier molecular flexibility index (Phi) is 4.32. The van der Waals surface area contributed by atoms with Crippen LogP contribution in [0.3, 0.4) is 0 Å². The van der Waals surface area contributed by atoms with Gasteiger partial charge in [0.15, 0.2) is 9.84 Å². The zero-order valence-corrected chi connectivity index (χ0v) is 12.1. The fourth-order valence-corrected chi connectivity index (χ4v) is 3.43. The molecule has 0 heterocycles. The summed E-state index contributed by atoms with van der Waals surface area (Å²) >= 11 is 0. The average molecular weight is 268 g/mol. The van der Waals surface area contributed by atoms with Gasteiger partial charge in [0.1, 0.15) is 11.0 Å². The van der Waals surface area contributed by atoms with Gasteiger partial charge in [-0.1, -0.05) is 30.3 Å². The highest BCUT2D eigenvalue weighted by Crippen LogP contribution is 2.24. The van der Waals surface area contributed by atoms with Crippen LogP contribution in [0.4, 0.5) is 0 Å². The second kappa shape index (κ2) is 5.22. The fraction of sp³-hybridized carbons (Fsp3) is 0.500. The van der Waals surface area contributed by atoms with Crippen molar-refractivity contribution in [1.82, 2.24) is 0 Å². The molecular formula is C14H20O3S. The number of benzene rings is 1. The van der Waals surface area contributed by atoms with E-state index < -0.39 is 19.8 Å². The van der Waals surface area contributed by atoms with Gasteiger partial charge in [0.05, 0.1) is 4.75 Å². The molecule has 1 atom stereocenters. The lowest BCUT2D eigenvalue weighted by molar-refractivity contribution is -0.116. The molecule has 0 unspecified atom stereocenters. The Bertz CT molecular complexity index is 510. The first-order valence-electron chi connectivity index (χ1n) is 5.94. The van der Waals surface area contributed by atoms with Crippen LogP contribution in [0.1, 0.15) is 33.3 Å². The maximum atomic E-state index is 12.4. The Labute approximate surface area is 109 Å². The minimum atomic E-state index is -3.49. The second-order valence-electron chi connectivity index (χ2n) is 5.45. The van der Waals surface area contributed by atoms with Gasteiger partial charge in [-0.05, 0) is 39.7 Å². The minimum absolute atomic E-state index is 0.246. The molecule has 0 amide bonds. The lowest BCUT2D eigenvalue weighted by Crippen LogP contribution is -2.42. The highest BCUT2D eigenvalue weighted by molar-refractivity contribution is 7.94. The molecule has 0 spiro atoms. The smallest absolute Gasteiger partial charge is 0.165 e. The van der Waals surface area contributed by atoms with Gasteiger partial charge >= 0.3 is 0 Å². The largest absolute Gasteiger partial charge is 0.299 e.